The number of fused-ring (bicyclic) bond motifs is 1. The predicted molar refractivity (Wildman–Crippen MR) is 123 cm³/mol. The van der Waals surface area contributed by atoms with Gasteiger partial charge in [0.05, 0.1) is 25.5 Å². The van der Waals surface area contributed by atoms with Crippen LogP contribution in [0.2, 0.25) is 0 Å². The first-order valence-corrected chi connectivity index (χ1v) is 10.4. The molecule has 0 atom stereocenters. The number of nitrogens with zero attached hydrogens (tertiary/aromatic N) is 1. The average Bonchev–Trinajstić information content (AvgIpc) is 3.33. The van der Waals surface area contributed by atoms with Crippen molar-refractivity contribution in [2.75, 3.05) is 20.5 Å². The number of hydrogen-bond donors (Lipinski definition) is 1. The standard InChI is InChI=1S/C25H22N2O7/c1-3-31-22-12-16(4-10-21(22)34-25(29)17-5-8-19(30-2)9-6-17)14-26-27-24(28)18-7-11-20-23(13-18)33-15-32-20/h4-14H,3,15H2,1-2H3,(H,27,28)/b26-14+. The summed E-state index contributed by atoms with van der Waals surface area (Å²) in [5.41, 5.74) is 3.86. The summed E-state index contributed by atoms with van der Waals surface area (Å²) in [6.45, 7) is 2.32. The summed E-state index contributed by atoms with van der Waals surface area (Å²) in [6.07, 6.45) is 1.46. The van der Waals surface area contributed by atoms with Crippen LogP contribution in [0, 0.1) is 0 Å². The number of hydrazone groups is 1. The van der Waals surface area contributed by atoms with Crippen molar-refractivity contribution in [3.05, 3.63) is 77.4 Å². The molecular weight excluding hydrogens is 440 g/mol. The molecule has 1 heterocycles. The molecule has 1 aliphatic heterocycles. The van der Waals surface area contributed by atoms with Crippen LogP contribution in [-0.4, -0.2) is 38.6 Å². The minimum Gasteiger partial charge on any atom is -0.497 e. The lowest BCUT2D eigenvalue weighted by atomic mass is 10.2. The predicted octanol–water partition coefficient (Wildman–Crippen LogP) is 3.81. The van der Waals surface area contributed by atoms with Gasteiger partial charge in [0.2, 0.25) is 6.79 Å². The fourth-order valence-corrected chi connectivity index (χ4v) is 3.11. The first-order chi connectivity index (χ1) is 16.6. The molecule has 0 spiro atoms. The molecule has 1 amide bonds. The maximum atomic E-state index is 12.5. The molecule has 0 aromatic heterocycles. The van der Waals surface area contributed by atoms with Gasteiger partial charge in [-0.05, 0) is 73.2 Å². The monoisotopic (exact) mass is 462 g/mol. The maximum absolute atomic E-state index is 12.5. The Kier molecular flexibility index (Phi) is 6.92. The molecule has 0 bridgehead atoms. The lowest BCUT2D eigenvalue weighted by Crippen LogP contribution is -2.17. The third-order valence-electron chi connectivity index (χ3n) is 4.81. The van der Waals surface area contributed by atoms with Gasteiger partial charge in [0, 0.05) is 5.56 Å². The molecule has 0 radical (unpaired) electrons. The number of hydrogen-bond acceptors (Lipinski definition) is 8. The molecule has 0 fully saturated rings. The molecule has 1 N–H and O–H groups in total. The second kappa shape index (κ2) is 10.4. The molecule has 0 aliphatic carbocycles. The quantitative estimate of drug-likeness (QED) is 0.235. The highest BCUT2D eigenvalue weighted by atomic mass is 16.7. The Morgan fingerprint density at radius 1 is 0.971 bits per heavy atom. The number of rotatable bonds is 8. The number of nitrogens with one attached hydrogen (secondary N) is 1. The topological polar surface area (TPSA) is 105 Å². The number of ether oxygens (including phenoxy) is 5. The van der Waals surface area contributed by atoms with Gasteiger partial charge in [-0.3, -0.25) is 4.79 Å². The Balaban J connectivity index is 1.42. The molecule has 0 saturated heterocycles. The second-order valence-electron chi connectivity index (χ2n) is 7.02. The number of methoxy groups -OCH3 is 1. The summed E-state index contributed by atoms with van der Waals surface area (Å²) < 4.78 is 26.7. The smallest absolute Gasteiger partial charge is 0.343 e. The van der Waals surface area contributed by atoms with Gasteiger partial charge in [-0.25, -0.2) is 10.2 Å². The average molecular weight is 462 g/mol. The third-order valence-corrected chi connectivity index (χ3v) is 4.81. The second-order valence-corrected chi connectivity index (χ2v) is 7.02. The van der Waals surface area contributed by atoms with Crippen LogP contribution in [0.5, 0.6) is 28.7 Å². The van der Waals surface area contributed by atoms with Crippen molar-refractivity contribution in [3.63, 3.8) is 0 Å². The molecule has 174 valence electrons. The van der Waals surface area contributed by atoms with Gasteiger partial charge in [-0.1, -0.05) is 0 Å². The minimum atomic E-state index is -0.527. The molecule has 9 heteroatoms. The molecule has 0 saturated carbocycles. The Morgan fingerprint density at radius 3 is 2.50 bits per heavy atom. The van der Waals surface area contributed by atoms with Crippen LogP contribution < -0.4 is 29.1 Å². The van der Waals surface area contributed by atoms with E-state index in [0.29, 0.717) is 46.3 Å². The van der Waals surface area contributed by atoms with E-state index in [1.54, 1.807) is 67.8 Å². The van der Waals surface area contributed by atoms with Crippen molar-refractivity contribution >= 4 is 18.1 Å². The summed E-state index contributed by atoms with van der Waals surface area (Å²) >= 11 is 0. The number of benzene rings is 3. The lowest BCUT2D eigenvalue weighted by molar-refractivity contribution is 0.0728. The van der Waals surface area contributed by atoms with Gasteiger partial charge in [0.1, 0.15) is 5.75 Å². The van der Waals surface area contributed by atoms with Crippen LogP contribution in [-0.2, 0) is 0 Å². The highest BCUT2D eigenvalue weighted by Gasteiger charge is 2.16. The summed E-state index contributed by atoms with van der Waals surface area (Å²) in [4.78, 5) is 24.8. The van der Waals surface area contributed by atoms with E-state index in [1.807, 2.05) is 6.92 Å². The van der Waals surface area contributed by atoms with Crippen LogP contribution in [0.3, 0.4) is 0 Å². The number of amides is 1. The molecule has 3 aromatic carbocycles. The number of carbonyl (C=O) groups excluding carboxylic acids is 2. The molecule has 1 aliphatic rings. The van der Waals surface area contributed by atoms with Crippen molar-refractivity contribution in [1.29, 1.82) is 0 Å². The van der Waals surface area contributed by atoms with E-state index in [2.05, 4.69) is 10.5 Å². The van der Waals surface area contributed by atoms with Gasteiger partial charge in [0.15, 0.2) is 23.0 Å². The van der Waals surface area contributed by atoms with E-state index in [-0.39, 0.29) is 12.5 Å². The fraction of sp³-hybridized carbons (Fsp3) is 0.160. The molecule has 0 unspecified atom stereocenters. The SMILES string of the molecule is CCOc1cc(/C=N/NC(=O)c2ccc3c(c2)OCO3)ccc1OC(=O)c1ccc(OC)cc1. The van der Waals surface area contributed by atoms with Crippen LogP contribution in [0.25, 0.3) is 0 Å². The third kappa shape index (κ3) is 5.26. The van der Waals surface area contributed by atoms with Gasteiger partial charge < -0.3 is 23.7 Å². The first kappa shape index (κ1) is 22.7. The molecular formula is C25H22N2O7. The van der Waals surface area contributed by atoms with Gasteiger partial charge in [-0.2, -0.15) is 5.10 Å². The maximum Gasteiger partial charge on any atom is 0.343 e. The molecule has 4 rings (SSSR count). The van der Waals surface area contributed by atoms with Crippen LogP contribution in [0.4, 0.5) is 0 Å². The highest BCUT2D eigenvalue weighted by molar-refractivity contribution is 5.95. The van der Waals surface area contributed by atoms with E-state index in [1.165, 1.54) is 6.21 Å². The number of carbonyl (C=O) groups is 2. The van der Waals surface area contributed by atoms with Crippen LogP contribution >= 0.6 is 0 Å². The van der Waals surface area contributed by atoms with Crippen LogP contribution in [0.15, 0.2) is 65.8 Å². The number of esters is 1. The molecule has 9 nitrogen and oxygen atoms in total. The van der Waals surface area contributed by atoms with Crippen LogP contribution in [0.1, 0.15) is 33.2 Å². The van der Waals surface area contributed by atoms with Gasteiger partial charge in [0.25, 0.3) is 5.91 Å². The minimum absolute atomic E-state index is 0.131. The Morgan fingerprint density at radius 2 is 1.74 bits per heavy atom. The van der Waals surface area contributed by atoms with E-state index in [4.69, 9.17) is 23.7 Å². The molecule has 34 heavy (non-hydrogen) atoms. The summed E-state index contributed by atoms with van der Waals surface area (Å²) in [5, 5.41) is 4.00. The zero-order valence-corrected chi connectivity index (χ0v) is 18.6. The highest BCUT2D eigenvalue weighted by Crippen LogP contribution is 2.32. The van der Waals surface area contributed by atoms with Crippen molar-refractivity contribution in [2.24, 2.45) is 5.10 Å². The Labute approximate surface area is 195 Å². The molecule has 3 aromatic rings. The van der Waals surface area contributed by atoms with E-state index in [9.17, 15) is 9.59 Å². The van der Waals surface area contributed by atoms with E-state index < -0.39 is 11.9 Å². The summed E-state index contributed by atoms with van der Waals surface area (Å²) in [7, 11) is 1.55. The normalized spacial score (nSPS) is 11.8. The zero-order chi connectivity index (χ0) is 23.9. The van der Waals surface area contributed by atoms with Crippen molar-refractivity contribution < 1.29 is 33.3 Å². The Bertz CT molecular complexity index is 1220. The van der Waals surface area contributed by atoms with Gasteiger partial charge >= 0.3 is 5.97 Å². The Hall–Kier alpha value is -4.53. The lowest BCUT2D eigenvalue weighted by Gasteiger charge is -2.11. The largest absolute Gasteiger partial charge is 0.497 e. The van der Waals surface area contributed by atoms with E-state index in [0.717, 1.165) is 0 Å². The van der Waals surface area contributed by atoms with Crippen molar-refractivity contribution in [2.45, 2.75) is 6.92 Å². The summed E-state index contributed by atoms with van der Waals surface area (Å²) in [5.74, 6) is 1.46. The zero-order valence-electron chi connectivity index (χ0n) is 18.6. The summed E-state index contributed by atoms with van der Waals surface area (Å²) in [6, 6.07) is 16.4. The van der Waals surface area contributed by atoms with Crippen molar-refractivity contribution in [1.82, 2.24) is 5.43 Å². The van der Waals surface area contributed by atoms with E-state index >= 15 is 0 Å². The van der Waals surface area contributed by atoms with Crippen molar-refractivity contribution in [3.8, 4) is 28.7 Å². The fourth-order valence-electron chi connectivity index (χ4n) is 3.11. The first-order valence-electron chi connectivity index (χ1n) is 10.4. The van der Waals surface area contributed by atoms with Gasteiger partial charge in [-0.15, -0.1) is 0 Å².